The second kappa shape index (κ2) is 12.2. The molecule has 8 nitrogen and oxygen atoms in total. The number of hydrogen-bond donors (Lipinski definition) is 3. The Bertz CT molecular complexity index is 897. The van der Waals surface area contributed by atoms with Gasteiger partial charge < -0.3 is 29.9 Å². The normalized spacial score (nSPS) is 19.8. The number of nitrogens with zero attached hydrogens (tertiary/aromatic N) is 3. The number of anilines is 3. The Morgan fingerprint density at radius 1 is 1.18 bits per heavy atom. The average Bonchev–Trinajstić information content (AvgIpc) is 3.29. The molecule has 10 heteroatoms. The van der Waals surface area contributed by atoms with Gasteiger partial charge in [-0.3, -0.25) is 0 Å². The van der Waals surface area contributed by atoms with E-state index in [2.05, 4.69) is 30.8 Å². The molecule has 0 aliphatic carbocycles. The number of halogens is 1. The van der Waals surface area contributed by atoms with Crippen molar-refractivity contribution >= 4 is 42.7 Å². The molecular formula is C23H34ClN6O2P. The molecule has 33 heavy (non-hydrogen) atoms. The third-order valence-corrected chi connectivity index (χ3v) is 8.07. The first-order valence-electron chi connectivity index (χ1n) is 11.6. The van der Waals surface area contributed by atoms with Crippen molar-refractivity contribution in [2.75, 3.05) is 57.6 Å². The van der Waals surface area contributed by atoms with Crippen molar-refractivity contribution in [3.05, 3.63) is 35.5 Å². The lowest BCUT2D eigenvalue weighted by Crippen LogP contribution is -2.32. The summed E-state index contributed by atoms with van der Waals surface area (Å²) in [7, 11) is 2.10. The van der Waals surface area contributed by atoms with Gasteiger partial charge in [-0.2, -0.15) is 4.98 Å². The smallest absolute Gasteiger partial charge is 0.224 e. The third kappa shape index (κ3) is 6.75. The van der Waals surface area contributed by atoms with Crippen molar-refractivity contribution in [2.45, 2.75) is 31.7 Å². The highest BCUT2D eigenvalue weighted by Crippen LogP contribution is 2.38. The molecule has 2 saturated heterocycles. The summed E-state index contributed by atoms with van der Waals surface area (Å²) < 4.78 is 11.0. The summed E-state index contributed by atoms with van der Waals surface area (Å²) >= 11 is 6.42. The summed E-state index contributed by atoms with van der Waals surface area (Å²) in [5.41, 5.74) is 0.851. The first kappa shape index (κ1) is 24.6. The Morgan fingerprint density at radius 3 is 2.76 bits per heavy atom. The van der Waals surface area contributed by atoms with Gasteiger partial charge in [-0.15, -0.1) is 0 Å². The third-order valence-electron chi connectivity index (χ3n) is 6.35. The lowest BCUT2D eigenvalue weighted by molar-refractivity contribution is 0.271. The molecule has 2 aromatic rings. The van der Waals surface area contributed by atoms with Gasteiger partial charge >= 0.3 is 0 Å². The molecule has 3 heterocycles. The molecule has 0 saturated carbocycles. The van der Waals surface area contributed by atoms with Crippen LogP contribution in [-0.2, 0) is 9.05 Å². The van der Waals surface area contributed by atoms with Crippen LogP contribution in [0.25, 0.3) is 0 Å². The summed E-state index contributed by atoms with van der Waals surface area (Å²) in [6.07, 6.45) is 6.65. The molecule has 1 aromatic carbocycles. The molecule has 0 spiro atoms. The quantitative estimate of drug-likeness (QED) is 0.430. The van der Waals surface area contributed by atoms with Gasteiger partial charge in [0.15, 0.2) is 5.82 Å². The number of rotatable bonds is 10. The minimum absolute atomic E-state index is 0.342. The molecule has 4 rings (SSSR count). The predicted octanol–water partition coefficient (Wildman–Crippen LogP) is 3.98. The van der Waals surface area contributed by atoms with Crippen LogP contribution in [-0.4, -0.2) is 67.9 Å². The topological polar surface area (TPSA) is 83.6 Å². The summed E-state index contributed by atoms with van der Waals surface area (Å²) in [6.45, 7) is 5.65. The molecule has 1 aromatic heterocycles. The number of benzene rings is 1. The van der Waals surface area contributed by atoms with E-state index in [-0.39, 0.29) is 0 Å². The summed E-state index contributed by atoms with van der Waals surface area (Å²) in [5.74, 6) is 2.02. The van der Waals surface area contributed by atoms with Gasteiger partial charge in [0.05, 0.1) is 17.2 Å². The van der Waals surface area contributed by atoms with E-state index < -0.39 is 8.38 Å². The zero-order valence-electron chi connectivity index (χ0n) is 19.4. The van der Waals surface area contributed by atoms with Gasteiger partial charge in [-0.1, -0.05) is 23.7 Å². The first-order chi connectivity index (χ1) is 16.2. The van der Waals surface area contributed by atoms with Crippen molar-refractivity contribution in [1.82, 2.24) is 20.2 Å². The summed E-state index contributed by atoms with van der Waals surface area (Å²) in [5, 5.41) is 11.7. The zero-order valence-corrected chi connectivity index (χ0v) is 21.0. The Balaban J connectivity index is 1.35. The fraction of sp³-hybridized carbons (Fsp3) is 0.565. The molecule has 1 atom stereocenters. The second-order valence-electron chi connectivity index (χ2n) is 8.57. The highest BCUT2D eigenvalue weighted by atomic mass is 35.5. The molecule has 0 amide bonds. The van der Waals surface area contributed by atoms with Crippen LogP contribution in [0, 0.1) is 5.92 Å². The van der Waals surface area contributed by atoms with Crippen molar-refractivity contribution in [3.63, 3.8) is 0 Å². The Kier molecular flexibility index (Phi) is 9.12. The van der Waals surface area contributed by atoms with E-state index in [0.717, 1.165) is 36.4 Å². The molecule has 2 aliphatic rings. The van der Waals surface area contributed by atoms with Crippen LogP contribution in [0.15, 0.2) is 30.5 Å². The molecule has 180 valence electrons. The van der Waals surface area contributed by atoms with Crippen LogP contribution in [0.4, 0.5) is 17.5 Å². The van der Waals surface area contributed by atoms with E-state index in [1.54, 1.807) is 20.4 Å². The summed E-state index contributed by atoms with van der Waals surface area (Å²) in [4.78, 5) is 11.6. The second-order valence-corrected chi connectivity index (χ2v) is 10.7. The van der Waals surface area contributed by atoms with Crippen LogP contribution in [0.2, 0.25) is 5.02 Å². The number of aromatic nitrogens is 2. The van der Waals surface area contributed by atoms with E-state index in [4.69, 9.17) is 20.6 Å². The van der Waals surface area contributed by atoms with Gasteiger partial charge in [-0.05, 0) is 63.4 Å². The van der Waals surface area contributed by atoms with Crippen LogP contribution in [0.1, 0.15) is 25.7 Å². The molecule has 2 aliphatic heterocycles. The Hall–Kier alpha value is -1.54. The van der Waals surface area contributed by atoms with Crippen molar-refractivity contribution < 1.29 is 9.05 Å². The largest absolute Gasteiger partial charge is 0.350 e. The minimum atomic E-state index is -1.18. The van der Waals surface area contributed by atoms with E-state index in [9.17, 15) is 0 Å². The van der Waals surface area contributed by atoms with Crippen LogP contribution >= 0.6 is 20.0 Å². The number of likely N-dealkylation sites (tertiary alicyclic amines) is 1. The highest BCUT2D eigenvalue weighted by Gasteiger charge is 2.24. The summed E-state index contributed by atoms with van der Waals surface area (Å²) in [6, 6.07) is 8.20. The number of para-hydroxylation sites is 1. The number of piperidine rings is 1. The van der Waals surface area contributed by atoms with E-state index in [0.29, 0.717) is 22.8 Å². The highest BCUT2D eigenvalue weighted by molar-refractivity contribution is 7.56. The maximum absolute atomic E-state index is 6.42. The molecule has 3 N–H and O–H groups in total. The van der Waals surface area contributed by atoms with Crippen molar-refractivity contribution in [1.29, 1.82) is 0 Å². The van der Waals surface area contributed by atoms with Crippen LogP contribution in [0.3, 0.4) is 0 Å². The minimum Gasteiger partial charge on any atom is -0.350 e. The molecule has 2 fully saturated rings. The maximum atomic E-state index is 6.42. The monoisotopic (exact) mass is 492 g/mol. The van der Waals surface area contributed by atoms with Gasteiger partial charge in [-0.25, -0.2) is 4.98 Å². The maximum Gasteiger partial charge on any atom is 0.224 e. The standard InChI is InChI=1S/C23H34ClN6O2P/c1-31-33(32-2)21-6-4-3-5-20(21)28-22-19(24)15-26-23(29-22)27-18-10-14-30(16-18)13-9-17-7-11-25-12-8-17/h3-6,15,17-18,25H,7-14,16H2,1-2H3,(H2,26,27,28,29)/t18-/m1/s1. The fourth-order valence-electron chi connectivity index (χ4n) is 4.53. The van der Waals surface area contributed by atoms with E-state index in [1.165, 1.54) is 38.9 Å². The van der Waals surface area contributed by atoms with Crippen molar-refractivity contribution in [2.24, 2.45) is 5.92 Å². The zero-order chi connectivity index (χ0) is 23.0. The van der Waals surface area contributed by atoms with Gasteiger partial charge in [0, 0.05) is 33.4 Å². The lowest BCUT2D eigenvalue weighted by Gasteiger charge is -2.25. The van der Waals surface area contributed by atoms with Gasteiger partial charge in [0.1, 0.15) is 5.02 Å². The number of hydrogen-bond acceptors (Lipinski definition) is 8. The van der Waals surface area contributed by atoms with Gasteiger partial charge in [0.2, 0.25) is 14.3 Å². The molecule has 0 bridgehead atoms. The lowest BCUT2D eigenvalue weighted by atomic mass is 9.94. The average molecular weight is 493 g/mol. The Morgan fingerprint density at radius 2 is 1.97 bits per heavy atom. The van der Waals surface area contributed by atoms with Crippen molar-refractivity contribution in [3.8, 4) is 0 Å². The van der Waals surface area contributed by atoms with Gasteiger partial charge in [0.25, 0.3) is 0 Å². The molecule has 0 unspecified atom stereocenters. The first-order valence-corrected chi connectivity index (χ1v) is 13.2. The molecular weight excluding hydrogens is 459 g/mol. The van der Waals surface area contributed by atoms with E-state index in [1.807, 2.05) is 24.3 Å². The van der Waals surface area contributed by atoms with Crippen LogP contribution < -0.4 is 21.3 Å². The molecule has 0 radical (unpaired) electrons. The van der Waals surface area contributed by atoms with Crippen LogP contribution in [0.5, 0.6) is 0 Å². The Labute approximate surface area is 202 Å². The SMILES string of the molecule is COP(OC)c1ccccc1Nc1nc(N[C@@H]2CCN(CCC3CCNCC3)C2)ncc1Cl. The van der Waals surface area contributed by atoms with E-state index >= 15 is 0 Å². The fourth-order valence-corrected chi connectivity index (χ4v) is 5.75. The number of nitrogens with one attached hydrogen (secondary N) is 3. The predicted molar refractivity (Wildman–Crippen MR) is 136 cm³/mol.